The van der Waals surface area contributed by atoms with Crippen LogP contribution >= 0.6 is 11.8 Å². The van der Waals surface area contributed by atoms with Gasteiger partial charge in [-0.05, 0) is 30.5 Å². The van der Waals surface area contributed by atoms with Gasteiger partial charge in [-0.1, -0.05) is 11.8 Å². The number of carboxylic acids is 1. The molecule has 1 heterocycles. The number of alkyl halides is 6. The van der Waals surface area contributed by atoms with Gasteiger partial charge < -0.3 is 15.3 Å². The Morgan fingerprint density at radius 3 is 2.03 bits per heavy atom. The summed E-state index contributed by atoms with van der Waals surface area (Å²) in [6, 6.07) is 0.857. The summed E-state index contributed by atoms with van der Waals surface area (Å²) >= 11 is 1.01. The normalized spacial score (nSPS) is 12.3. The van der Waals surface area contributed by atoms with Gasteiger partial charge in [0.25, 0.3) is 0 Å². The van der Waals surface area contributed by atoms with E-state index in [1.165, 1.54) is 12.3 Å². The molecule has 2 N–H and O–H groups in total. The van der Waals surface area contributed by atoms with Crippen molar-refractivity contribution in [1.82, 2.24) is 14.9 Å². The van der Waals surface area contributed by atoms with Crippen molar-refractivity contribution in [1.29, 1.82) is 0 Å². The van der Waals surface area contributed by atoms with E-state index in [0.717, 1.165) is 11.8 Å². The van der Waals surface area contributed by atoms with Crippen molar-refractivity contribution >= 4 is 35.3 Å². The first kappa shape index (κ1) is 24.3. The van der Waals surface area contributed by atoms with Crippen molar-refractivity contribution in [2.75, 3.05) is 25.7 Å². The Kier molecular flexibility index (Phi) is 7.09. The Morgan fingerprint density at radius 2 is 1.61 bits per heavy atom. The van der Waals surface area contributed by atoms with E-state index in [0.29, 0.717) is 12.1 Å². The molecule has 0 fully saturated rings. The number of anilines is 2. The smallest absolute Gasteiger partial charge is 0.416 e. The van der Waals surface area contributed by atoms with Crippen molar-refractivity contribution in [3.8, 4) is 0 Å². The van der Waals surface area contributed by atoms with E-state index < -0.39 is 46.5 Å². The van der Waals surface area contributed by atoms with Gasteiger partial charge >= 0.3 is 18.3 Å². The van der Waals surface area contributed by atoms with Gasteiger partial charge in [-0.15, -0.1) is 0 Å². The number of rotatable bonds is 6. The minimum atomic E-state index is -5.05. The molecule has 2 aromatic rings. The fourth-order valence-corrected chi connectivity index (χ4v) is 2.73. The third-order valence-electron chi connectivity index (χ3n) is 3.69. The molecule has 6 nitrogen and oxygen atoms in total. The van der Waals surface area contributed by atoms with Gasteiger partial charge in [0.2, 0.25) is 0 Å². The number of aromatic carboxylic acids is 1. The first-order valence-corrected chi connectivity index (χ1v) is 9.55. The Morgan fingerprint density at radius 1 is 1.06 bits per heavy atom. The van der Waals surface area contributed by atoms with Crippen LogP contribution in [0.5, 0.6) is 0 Å². The standard InChI is InChI=1S/C18H16F6N4O2S/c1-28(2)5-4-12-13(15(29)30)14(27-16(26-12)31-3)25-11-7-9(17(19,20)21)6-10(8-11)18(22,23)24/h4-8H,1-3H3,(H,29,30)(H,25,26,27). The average Bonchev–Trinajstić information content (AvgIpc) is 2.63. The molecule has 1 aromatic heterocycles. The summed E-state index contributed by atoms with van der Waals surface area (Å²) in [6.45, 7) is 0. The van der Waals surface area contributed by atoms with Gasteiger partial charge in [-0.25, -0.2) is 14.8 Å². The molecule has 168 valence electrons. The third-order valence-corrected chi connectivity index (χ3v) is 4.24. The zero-order valence-corrected chi connectivity index (χ0v) is 17.1. The van der Waals surface area contributed by atoms with Crippen LogP contribution in [0.25, 0.3) is 6.08 Å². The van der Waals surface area contributed by atoms with E-state index in [9.17, 15) is 36.2 Å². The highest BCUT2D eigenvalue weighted by atomic mass is 32.2. The fourth-order valence-electron chi connectivity index (χ4n) is 2.35. The van der Waals surface area contributed by atoms with Gasteiger partial charge in [0.15, 0.2) is 5.16 Å². The summed E-state index contributed by atoms with van der Waals surface area (Å²) in [4.78, 5) is 21.4. The number of nitrogens with zero attached hydrogens (tertiary/aromatic N) is 3. The second-order valence-electron chi connectivity index (χ2n) is 6.32. The maximum absolute atomic E-state index is 13.1. The highest BCUT2D eigenvalue weighted by Gasteiger charge is 2.37. The summed E-state index contributed by atoms with van der Waals surface area (Å²) in [6.07, 6.45) is -5.71. The molecule has 0 aliphatic rings. The molecular formula is C18H16F6N4O2S. The molecular weight excluding hydrogens is 450 g/mol. The number of thioether (sulfide) groups is 1. The zero-order chi connectivity index (χ0) is 23.6. The van der Waals surface area contributed by atoms with Gasteiger partial charge in [0.05, 0.1) is 16.8 Å². The predicted molar refractivity (Wildman–Crippen MR) is 103 cm³/mol. The minimum absolute atomic E-state index is 0.0260. The molecule has 0 atom stereocenters. The highest BCUT2D eigenvalue weighted by molar-refractivity contribution is 7.98. The summed E-state index contributed by atoms with van der Waals surface area (Å²) in [7, 11) is 3.32. The molecule has 1 aromatic carbocycles. The molecule has 0 spiro atoms. The Hall–Kier alpha value is -2.96. The number of hydrogen-bond acceptors (Lipinski definition) is 6. The quantitative estimate of drug-likeness (QED) is 0.344. The molecule has 0 aliphatic heterocycles. The average molecular weight is 466 g/mol. The summed E-state index contributed by atoms with van der Waals surface area (Å²) in [5, 5.41) is 11.9. The molecule has 0 aliphatic carbocycles. The molecule has 31 heavy (non-hydrogen) atoms. The van der Waals surface area contributed by atoms with Crippen LogP contribution in [0.4, 0.5) is 37.8 Å². The number of halogens is 6. The van der Waals surface area contributed by atoms with E-state index in [1.807, 2.05) is 0 Å². The topological polar surface area (TPSA) is 78.4 Å². The lowest BCUT2D eigenvalue weighted by Crippen LogP contribution is -2.14. The maximum Gasteiger partial charge on any atom is 0.416 e. The Balaban J connectivity index is 2.69. The van der Waals surface area contributed by atoms with E-state index in [2.05, 4.69) is 15.3 Å². The van der Waals surface area contributed by atoms with Crippen LogP contribution in [0.2, 0.25) is 0 Å². The van der Waals surface area contributed by atoms with E-state index in [-0.39, 0.29) is 16.9 Å². The Labute approximate surface area is 177 Å². The SMILES string of the molecule is CSc1nc(C=CN(C)C)c(C(=O)O)c(Nc2cc(C(F)(F)F)cc(C(F)(F)F)c2)n1. The number of hydrogen-bond donors (Lipinski definition) is 2. The first-order chi connectivity index (χ1) is 14.2. The zero-order valence-electron chi connectivity index (χ0n) is 16.3. The molecule has 0 bridgehead atoms. The lowest BCUT2D eigenvalue weighted by Gasteiger charge is -2.16. The monoisotopic (exact) mass is 466 g/mol. The summed E-state index contributed by atoms with van der Waals surface area (Å²) in [5.41, 5.74) is -4.31. The van der Waals surface area contributed by atoms with Gasteiger partial charge in [0.1, 0.15) is 11.4 Å². The van der Waals surface area contributed by atoms with Crippen molar-refractivity contribution in [3.05, 3.63) is 46.8 Å². The number of carboxylic acid groups (broad SMARTS) is 1. The number of benzene rings is 1. The van der Waals surface area contributed by atoms with Crippen LogP contribution in [0, 0.1) is 0 Å². The van der Waals surface area contributed by atoms with E-state index in [1.54, 1.807) is 25.3 Å². The summed E-state index contributed by atoms with van der Waals surface area (Å²) in [5.74, 6) is -1.96. The van der Waals surface area contributed by atoms with Crippen molar-refractivity contribution < 1.29 is 36.2 Å². The molecule has 0 unspecified atom stereocenters. The molecule has 0 radical (unpaired) electrons. The lowest BCUT2D eigenvalue weighted by molar-refractivity contribution is -0.143. The van der Waals surface area contributed by atoms with Crippen LogP contribution in [-0.4, -0.2) is 46.3 Å². The van der Waals surface area contributed by atoms with Gasteiger partial charge in [0, 0.05) is 26.0 Å². The molecule has 0 saturated heterocycles. The number of nitrogens with one attached hydrogen (secondary N) is 1. The molecule has 13 heteroatoms. The molecule has 0 amide bonds. The fraction of sp³-hybridized carbons (Fsp3) is 0.278. The summed E-state index contributed by atoms with van der Waals surface area (Å²) < 4.78 is 78.7. The van der Waals surface area contributed by atoms with Gasteiger partial charge in [-0.3, -0.25) is 0 Å². The second kappa shape index (κ2) is 9.04. The first-order valence-electron chi connectivity index (χ1n) is 8.33. The van der Waals surface area contributed by atoms with Crippen LogP contribution in [0.1, 0.15) is 27.2 Å². The maximum atomic E-state index is 13.1. The van der Waals surface area contributed by atoms with E-state index in [4.69, 9.17) is 0 Å². The van der Waals surface area contributed by atoms with E-state index >= 15 is 0 Å². The molecule has 0 saturated carbocycles. The third kappa shape index (κ3) is 6.26. The van der Waals surface area contributed by atoms with Crippen molar-refractivity contribution in [2.45, 2.75) is 17.5 Å². The second-order valence-corrected chi connectivity index (χ2v) is 7.10. The van der Waals surface area contributed by atoms with Crippen molar-refractivity contribution in [2.24, 2.45) is 0 Å². The van der Waals surface area contributed by atoms with Crippen LogP contribution in [-0.2, 0) is 12.4 Å². The number of carbonyl (C=O) groups is 1. The van der Waals surface area contributed by atoms with Crippen molar-refractivity contribution in [3.63, 3.8) is 0 Å². The molecule has 2 rings (SSSR count). The van der Waals surface area contributed by atoms with Gasteiger partial charge in [-0.2, -0.15) is 26.3 Å². The predicted octanol–water partition coefficient (Wildman–Crippen LogP) is 5.21. The van der Waals surface area contributed by atoms with Crippen LogP contribution < -0.4 is 5.32 Å². The minimum Gasteiger partial charge on any atom is -0.477 e. The Bertz CT molecular complexity index is 974. The highest BCUT2D eigenvalue weighted by Crippen LogP contribution is 2.38. The number of aromatic nitrogens is 2. The lowest BCUT2D eigenvalue weighted by atomic mass is 10.1. The largest absolute Gasteiger partial charge is 0.477 e. The van der Waals surface area contributed by atoms with Crippen LogP contribution in [0.15, 0.2) is 29.6 Å². The van der Waals surface area contributed by atoms with Crippen LogP contribution in [0.3, 0.4) is 0 Å².